The Balaban J connectivity index is 1.71. The van der Waals surface area contributed by atoms with Crippen molar-refractivity contribution in [2.24, 2.45) is 0 Å². The summed E-state index contributed by atoms with van der Waals surface area (Å²) in [5.41, 5.74) is 2.96. The summed E-state index contributed by atoms with van der Waals surface area (Å²) in [6.45, 7) is 2.41. The highest BCUT2D eigenvalue weighted by Crippen LogP contribution is 2.32. The van der Waals surface area contributed by atoms with E-state index in [2.05, 4.69) is 15.3 Å². The Morgan fingerprint density at radius 3 is 2.57 bits per heavy atom. The molecule has 0 aliphatic rings. The van der Waals surface area contributed by atoms with Gasteiger partial charge in [-0.1, -0.05) is 41.9 Å². The summed E-state index contributed by atoms with van der Waals surface area (Å²) in [6, 6.07) is 13.4. The maximum Gasteiger partial charge on any atom is 0.274 e. The van der Waals surface area contributed by atoms with Gasteiger partial charge in [-0.25, -0.2) is 9.97 Å². The van der Waals surface area contributed by atoms with Crippen molar-refractivity contribution in [2.75, 3.05) is 19.5 Å². The van der Waals surface area contributed by atoms with Crippen molar-refractivity contribution in [3.63, 3.8) is 0 Å². The molecule has 1 aromatic heterocycles. The Labute approximate surface area is 169 Å². The third kappa shape index (κ3) is 4.58. The normalized spacial score (nSPS) is 10.4. The Kier molecular flexibility index (Phi) is 6.11. The summed E-state index contributed by atoms with van der Waals surface area (Å²) in [4.78, 5) is 22.7. The van der Waals surface area contributed by atoms with Crippen LogP contribution in [0, 0.1) is 6.92 Å². The van der Waals surface area contributed by atoms with Crippen LogP contribution in [0.25, 0.3) is 0 Å². The molecule has 0 unspecified atom stereocenters. The van der Waals surface area contributed by atoms with Crippen molar-refractivity contribution in [2.45, 2.75) is 13.5 Å². The van der Waals surface area contributed by atoms with Crippen LogP contribution in [0.3, 0.4) is 0 Å². The summed E-state index contributed by atoms with van der Waals surface area (Å²) in [6.07, 6.45) is 2.98. The number of halogens is 1. The molecule has 28 heavy (non-hydrogen) atoms. The number of aryl methyl sites for hydroxylation is 1. The Morgan fingerprint density at radius 1 is 1.18 bits per heavy atom. The largest absolute Gasteiger partial charge is 0.495 e. The zero-order valence-corrected chi connectivity index (χ0v) is 16.7. The fraction of sp³-hybridized carbons (Fsp3) is 0.190. The molecule has 3 rings (SSSR count). The molecule has 1 heterocycles. The molecule has 0 fully saturated rings. The number of anilines is 2. The van der Waals surface area contributed by atoms with Gasteiger partial charge in [0.15, 0.2) is 0 Å². The standard InChI is InChI=1S/C21H21ClN4O2/c1-14-9-17(19(28-3)10-16(14)22)25-20-12-23-18(11-24-20)21(27)26(2)13-15-7-5-4-6-8-15/h4-12H,13H2,1-3H3,(H,24,25). The van der Waals surface area contributed by atoms with Gasteiger partial charge in [-0.3, -0.25) is 4.79 Å². The van der Waals surface area contributed by atoms with E-state index in [4.69, 9.17) is 16.3 Å². The fourth-order valence-electron chi connectivity index (χ4n) is 2.70. The van der Waals surface area contributed by atoms with Gasteiger partial charge in [0.2, 0.25) is 0 Å². The van der Waals surface area contributed by atoms with Gasteiger partial charge in [0.1, 0.15) is 17.3 Å². The van der Waals surface area contributed by atoms with Crippen molar-refractivity contribution < 1.29 is 9.53 Å². The maximum absolute atomic E-state index is 12.6. The lowest BCUT2D eigenvalue weighted by Crippen LogP contribution is -2.27. The molecule has 144 valence electrons. The Bertz CT molecular complexity index is 962. The van der Waals surface area contributed by atoms with Crippen LogP contribution >= 0.6 is 11.6 Å². The third-order valence-corrected chi connectivity index (χ3v) is 4.63. The van der Waals surface area contributed by atoms with Gasteiger partial charge in [-0.2, -0.15) is 0 Å². The molecule has 0 radical (unpaired) electrons. The lowest BCUT2D eigenvalue weighted by Gasteiger charge is -2.17. The number of nitrogens with zero attached hydrogens (tertiary/aromatic N) is 3. The van der Waals surface area contributed by atoms with E-state index < -0.39 is 0 Å². The number of carbonyl (C=O) groups excluding carboxylic acids is 1. The van der Waals surface area contributed by atoms with Crippen LogP contribution in [0.2, 0.25) is 5.02 Å². The number of aromatic nitrogens is 2. The highest BCUT2D eigenvalue weighted by Gasteiger charge is 2.15. The summed E-state index contributed by atoms with van der Waals surface area (Å²) in [5.74, 6) is 0.908. The number of rotatable bonds is 6. The molecule has 0 saturated heterocycles. The first-order valence-corrected chi connectivity index (χ1v) is 9.08. The van der Waals surface area contributed by atoms with E-state index in [9.17, 15) is 4.79 Å². The van der Waals surface area contributed by atoms with E-state index in [1.807, 2.05) is 43.3 Å². The van der Waals surface area contributed by atoms with Crippen LogP contribution in [0.1, 0.15) is 21.6 Å². The van der Waals surface area contributed by atoms with Crippen molar-refractivity contribution >= 4 is 29.0 Å². The topological polar surface area (TPSA) is 67.3 Å². The molecule has 6 nitrogen and oxygen atoms in total. The van der Waals surface area contributed by atoms with Crippen LogP contribution in [0.15, 0.2) is 54.9 Å². The van der Waals surface area contributed by atoms with Crippen LogP contribution in [-0.4, -0.2) is 34.9 Å². The second kappa shape index (κ2) is 8.71. The van der Waals surface area contributed by atoms with Crippen molar-refractivity contribution in [3.8, 4) is 5.75 Å². The minimum atomic E-state index is -0.192. The van der Waals surface area contributed by atoms with Crippen LogP contribution in [0.5, 0.6) is 5.75 Å². The zero-order chi connectivity index (χ0) is 20.1. The maximum atomic E-state index is 12.6. The average molecular weight is 397 g/mol. The summed E-state index contributed by atoms with van der Waals surface area (Å²) in [7, 11) is 3.31. The molecule has 1 N–H and O–H groups in total. The summed E-state index contributed by atoms with van der Waals surface area (Å²) >= 11 is 6.13. The number of benzene rings is 2. The van der Waals surface area contributed by atoms with Gasteiger partial charge >= 0.3 is 0 Å². The predicted octanol–water partition coefficient (Wildman–Crippen LogP) is 4.46. The van der Waals surface area contributed by atoms with Crippen LogP contribution < -0.4 is 10.1 Å². The second-order valence-corrected chi connectivity index (χ2v) is 6.77. The summed E-state index contributed by atoms with van der Waals surface area (Å²) < 4.78 is 5.35. The minimum Gasteiger partial charge on any atom is -0.495 e. The Hall–Kier alpha value is -3.12. The van der Waals surface area contributed by atoms with E-state index in [0.717, 1.165) is 16.8 Å². The highest BCUT2D eigenvalue weighted by molar-refractivity contribution is 6.31. The fourth-order valence-corrected chi connectivity index (χ4v) is 2.85. The van der Waals surface area contributed by atoms with Gasteiger partial charge in [0, 0.05) is 24.7 Å². The van der Waals surface area contributed by atoms with Gasteiger partial charge in [0.05, 0.1) is 25.2 Å². The first-order valence-electron chi connectivity index (χ1n) is 8.70. The summed E-state index contributed by atoms with van der Waals surface area (Å²) in [5, 5.41) is 3.77. The first-order chi connectivity index (χ1) is 13.5. The molecule has 7 heteroatoms. The number of hydrogen-bond donors (Lipinski definition) is 1. The van der Waals surface area contributed by atoms with Crippen LogP contribution in [-0.2, 0) is 6.54 Å². The third-order valence-electron chi connectivity index (χ3n) is 4.22. The van der Waals surface area contributed by atoms with Gasteiger partial charge < -0.3 is 15.0 Å². The van der Waals surface area contributed by atoms with Crippen molar-refractivity contribution in [1.29, 1.82) is 0 Å². The molecule has 1 amide bonds. The number of amides is 1. The minimum absolute atomic E-state index is 0.192. The lowest BCUT2D eigenvalue weighted by atomic mass is 10.2. The number of nitrogens with one attached hydrogen (secondary N) is 1. The smallest absolute Gasteiger partial charge is 0.274 e. The van der Waals surface area contributed by atoms with Gasteiger partial charge in [0.25, 0.3) is 5.91 Å². The SMILES string of the molecule is COc1cc(Cl)c(C)cc1Nc1cnc(C(=O)N(C)Cc2ccccc2)cn1. The second-order valence-electron chi connectivity index (χ2n) is 6.36. The lowest BCUT2D eigenvalue weighted by molar-refractivity contribution is 0.0779. The van der Waals surface area contributed by atoms with Crippen molar-refractivity contribution in [3.05, 3.63) is 76.7 Å². The molecule has 0 aliphatic heterocycles. The Morgan fingerprint density at radius 2 is 1.93 bits per heavy atom. The number of carbonyl (C=O) groups is 1. The molecule has 0 atom stereocenters. The van der Waals surface area contributed by atoms with Gasteiger partial charge in [-0.15, -0.1) is 0 Å². The first kappa shape index (κ1) is 19.6. The molecular weight excluding hydrogens is 376 g/mol. The molecule has 0 bridgehead atoms. The molecule has 3 aromatic rings. The quantitative estimate of drug-likeness (QED) is 0.666. The van der Waals surface area contributed by atoms with E-state index >= 15 is 0 Å². The van der Waals surface area contributed by atoms with E-state index in [1.165, 1.54) is 12.4 Å². The van der Waals surface area contributed by atoms with Gasteiger partial charge in [-0.05, 0) is 24.1 Å². The number of methoxy groups -OCH3 is 1. The monoisotopic (exact) mass is 396 g/mol. The van der Waals surface area contributed by atoms with Crippen molar-refractivity contribution in [1.82, 2.24) is 14.9 Å². The van der Waals surface area contributed by atoms with Crippen LogP contribution in [0.4, 0.5) is 11.5 Å². The highest BCUT2D eigenvalue weighted by atomic mass is 35.5. The molecule has 0 spiro atoms. The number of hydrogen-bond acceptors (Lipinski definition) is 5. The molecule has 2 aromatic carbocycles. The zero-order valence-electron chi connectivity index (χ0n) is 15.9. The number of ether oxygens (including phenoxy) is 1. The van der Waals surface area contributed by atoms with E-state index in [0.29, 0.717) is 23.1 Å². The molecule has 0 saturated carbocycles. The molecule has 0 aliphatic carbocycles. The predicted molar refractivity (Wildman–Crippen MR) is 110 cm³/mol. The van der Waals surface area contributed by atoms with E-state index in [-0.39, 0.29) is 11.6 Å². The average Bonchev–Trinajstić information content (AvgIpc) is 2.71. The van der Waals surface area contributed by atoms with E-state index in [1.54, 1.807) is 25.1 Å². The molecular formula is C21H21ClN4O2.